The molecule has 0 amide bonds. The summed E-state index contributed by atoms with van der Waals surface area (Å²) in [5.41, 5.74) is 0.297. The minimum absolute atomic E-state index is 0.141. The summed E-state index contributed by atoms with van der Waals surface area (Å²) >= 11 is 1.29. The Morgan fingerprint density at radius 2 is 1.88 bits per heavy atom. The van der Waals surface area contributed by atoms with Crippen LogP contribution in [0.1, 0.15) is 41.8 Å². The van der Waals surface area contributed by atoms with Gasteiger partial charge in [0.15, 0.2) is 17.4 Å². The van der Waals surface area contributed by atoms with Gasteiger partial charge in [0.1, 0.15) is 0 Å². The second-order valence-electron chi connectivity index (χ2n) is 7.58. The van der Waals surface area contributed by atoms with Crippen LogP contribution in [0, 0.1) is 23.5 Å². The van der Waals surface area contributed by atoms with Crippen molar-refractivity contribution in [3.8, 4) is 0 Å². The summed E-state index contributed by atoms with van der Waals surface area (Å²) in [6.07, 6.45) is 5.46. The number of ketones is 1. The zero-order valence-electron chi connectivity index (χ0n) is 13.4. The molecule has 1 atom stereocenters. The Morgan fingerprint density at radius 3 is 2.58 bits per heavy atom. The van der Waals surface area contributed by atoms with E-state index in [0.717, 1.165) is 0 Å². The van der Waals surface area contributed by atoms with Crippen molar-refractivity contribution in [1.82, 2.24) is 4.90 Å². The SMILES string of the molecule is O=C(C[C@@H]1C2CCN(CC2)C12CC2)c1cc2cc(F)c(F)cc2s1. The van der Waals surface area contributed by atoms with Gasteiger partial charge in [0.25, 0.3) is 0 Å². The van der Waals surface area contributed by atoms with Gasteiger partial charge < -0.3 is 0 Å². The Kier molecular flexibility index (Phi) is 3.17. The zero-order valence-corrected chi connectivity index (χ0v) is 14.2. The summed E-state index contributed by atoms with van der Waals surface area (Å²) in [7, 11) is 0. The fraction of sp³-hybridized carbons (Fsp3) is 0.526. The Bertz CT molecular complexity index is 794. The molecule has 0 radical (unpaired) electrons. The molecular weight excluding hydrogens is 328 g/mol. The lowest BCUT2D eigenvalue weighted by Gasteiger charge is -2.52. The van der Waals surface area contributed by atoms with Gasteiger partial charge in [-0.1, -0.05) is 0 Å². The second kappa shape index (κ2) is 5.09. The predicted octanol–water partition coefficient (Wildman–Crippen LogP) is 4.63. The number of piperidine rings is 3. The number of thiophene rings is 1. The third-order valence-corrected chi connectivity index (χ3v) is 7.57. The first kappa shape index (κ1) is 15.0. The maximum atomic E-state index is 13.4. The monoisotopic (exact) mass is 347 g/mol. The lowest BCUT2D eigenvalue weighted by Crippen LogP contribution is -2.57. The van der Waals surface area contributed by atoms with E-state index < -0.39 is 11.6 Å². The number of nitrogens with zero attached hydrogens (tertiary/aromatic N) is 1. The Labute approximate surface area is 143 Å². The highest BCUT2D eigenvalue weighted by molar-refractivity contribution is 7.20. The normalized spacial score (nSPS) is 30.2. The minimum atomic E-state index is -0.853. The van der Waals surface area contributed by atoms with E-state index in [-0.39, 0.29) is 5.78 Å². The Morgan fingerprint density at radius 1 is 1.17 bits per heavy atom. The summed E-state index contributed by atoms with van der Waals surface area (Å²) < 4.78 is 27.4. The van der Waals surface area contributed by atoms with Gasteiger partial charge in [-0.15, -0.1) is 11.3 Å². The molecule has 0 N–H and O–H groups in total. The average Bonchev–Trinajstić information content (AvgIpc) is 3.25. The van der Waals surface area contributed by atoms with Gasteiger partial charge >= 0.3 is 0 Å². The summed E-state index contributed by atoms with van der Waals surface area (Å²) in [6, 6.07) is 4.11. The van der Waals surface area contributed by atoms with Crippen LogP contribution in [0.15, 0.2) is 18.2 Å². The van der Waals surface area contributed by atoms with Crippen molar-refractivity contribution in [2.75, 3.05) is 13.1 Å². The third-order valence-electron chi connectivity index (χ3n) is 6.43. The standard InChI is InChI=1S/C19H19F2NOS/c20-14-7-12-8-18(24-17(12)10-15(14)21)16(23)9-13-11-1-5-22(6-2-11)19(13)3-4-19/h7-8,10-11,13H,1-6,9H2/t13-/m1/s1. The van der Waals surface area contributed by atoms with Crippen LogP contribution in [0.3, 0.4) is 0 Å². The van der Waals surface area contributed by atoms with E-state index in [0.29, 0.717) is 38.8 Å². The molecule has 1 aromatic carbocycles. The van der Waals surface area contributed by atoms with Crippen LogP contribution < -0.4 is 0 Å². The lowest BCUT2D eigenvalue weighted by atomic mass is 9.70. The van der Waals surface area contributed by atoms with Gasteiger partial charge in [0.05, 0.1) is 4.88 Å². The number of Topliss-reactive ketones (excluding diaryl/α,β-unsaturated/α-hetero) is 1. The van der Waals surface area contributed by atoms with E-state index in [1.54, 1.807) is 6.07 Å². The van der Waals surface area contributed by atoms with E-state index in [4.69, 9.17) is 0 Å². The van der Waals surface area contributed by atoms with Crippen molar-refractivity contribution < 1.29 is 13.6 Å². The van der Waals surface area contributed by atoms with Crippen molar-refractivity contribution in [3.05, 3.63) is 34.7 Å². The molecule has 1 spiro atoms. The number of fused-ring (bicyclic) bond motifs is 3. The van der Waals surface area contributed by atoms with Crippen molar-refractivity contribution >= 4 is 27.2 Å². The van der Waals surface area contributed by atoms with E-state index in [1.165, 1.54) is 62.2 Å². The number of carbonyl (C=O) groups excluding carboxylic acids is 1. The first-order valence-electron chi connectivity index (χ1n) is 8.74. The molecule has 1 saturated carbocycles. The van der Waals surface area contributed by atoms with Crippen LogP contribution in [0.25, 0.3) is 10.1 Å². The lowest BCUT2D eigenvalue weighted by molar-refractivity contribution is -0.0273. The first-order chi connectivity index (χ1) is 11.6. The molecule has 6 rings (SSSR count). The maximum absolute atomic E-state index is 13.4. The van der Waals surface area contributed by atoms with Gasteiger partial charge in [0.2, 0.25) is 0 Å². The fourth-order valence-electron chi connectivity index (χ4n) is 5.06. The average molecular weight is 347 g/mol. The van der Waals surface area contributed by atoms with Gasteiger partial charge in [0, 0.05) is 16.7 Å². The molecule has 1 aliphatic carbocycles. The number of benzene rings is 1. The van der Waals surface area contributed by atoms with Crippen LogP contribution >= 0.6 is 11.3 Å². The molecule has 0 unspecified atom stereocenters. The van der Waals surface area contributed by atoms with Crippen LogP contribution in [0.2, 0.25) is 0 Å². The Hall–Kier alpha value is -1.33. The highest BCUT2D eigenvalue weighted by Crippen LogP contribution is 2.58. The molecule has 4 fully saturated rings. The molecule has 2 nitrogen and oxygen atoms in total. The third kappa shape index (κ3) is 2.10. The summed E-state index contributed by atoms with van der Waals surface area (Å²) in [6.45, 7) is 2.38. The predicted molar refractivity (Wildman–Crippen MR) is 90.4 cm³/mol. The van der Waals surface area contributed by atoms with Gasteiger partial charge in [-0.3, -0.25) is 9.69 Å². The summed E-state index contributed by atoms with van der Waals surface area (Å²) in [5.74, 6) is -0.426. The number of carbonyl (C=O) groups is 1. The van der Waals surface area contributed by atoms with Crippen LogP contribution in [0.5, 0.6) is 0 Å². The van der Waals surface area contributed by atoms with E-state index in [2.05, 4.69) is 4.90 Å². The van der Waals surface area contributed by atoms with Crippen LogP contribution in [0.4, 0.5) is 8.78 Å². The van der Waals surface area contributed by atoms with E-state index in [1.807, 2.05) is 0 Å². The van der Waals surface area contributed by atoms with E-state index >= 15 is 0 Å². The first-order valence-corrected chi connectivity index (χ1v) is 9.55. The topological polar surface area (TPSA) is 20.3 Å². The summed E-state index contributed by atoms with van der Waals surface area (Å²) in [4.78, 5) is 16.1. The van der Waals surface area contributed by atoms with Gasteiger partial charge in [-0.2, -0.15) is 0 Å². The maximum Gasteiger partial charge on any atom is 0.173 e. The van der Waals surface area contributed by atoms with Crippen molar-refractivity contribution in [2.45, 2.75) is 37.6 Å². The number of hydrogen-bond donors (Lipinski definition) is 0. The number of hydrogen-bond acceptors (Lipinski definition) is 3. The highest BCUT2D eigenvalue weighted by atomic mass is 32.1. The molecule has 5 heteroatoms. The smallest absolute Gasteiger partial charge is 0.173 e. The van der Waals surface area contributed by atoms with Crippen LogP contribution in [-0.4, -0.2) is 29.3 Å². The molecule has 2 aromatic rings. The number of rotatable bonds is 3. The molecule has 4 heterocycles. The van der Waals surface area contributed by atoms with E-state index in [9.17, 15) is 13.6 Å². The van der Waals surface area contributed by atoms with Crippen molar-refractivity contribution in [2.24, 2.45) is 11.8 Å². The molecular formula is C19H19F2NOS. The molecule has 1 aromatic heterocycles. The second-order valence-corrected chi connectivity index (χ2v) is 8.66. The largest absolute Gasteiger partial charge is 0.297 e. The van der Waals surface area contributed by atoms with Crippen LogP contribution in [-0.2, 0) is 0 Å². The summed E-state index contributed by atoms with van der Waals surface area (Å²) in [5, 5.41) is 0.623. The molecule has 126 valence electrons. The molecule has 3 saturated heterocycles. The molecule has 24 heavy (non-hydrogen) atoms. The quantitative estimate of drug-likeness (QED) is 0.755. The molecule has 3 aliphatic heterocycles. The van der Waals surface area contributed by atoms with Crippen molar-refractivity contribution in [1.29, 1.82) is 0 Å². The van der Waals surface area contributed by atoms with Gasteiger partial charge in [-0.25, -0.2) is 8.78 Å². The fourth-order valence-corrected chi connectivity index (χ4v) is 6.08. The van der Waals surface area contributed by atoms with Crippen molar-refractivity contribution in [3.63, 3.8) is 0 Å². The number of halogens is 2. The Balaban J connectivity index is 1.43. The highest BCUT2D eigenvalue weighted by Gasteiger charge is 2.60. The van der Waals surface area contributed by atoms with Gasteiger partial charge in [-0.05, 0) is 74.2 Å². The molecule has 2 bridgehead atoms. The molecule has 4 aliphatic rings. The zero-order chi connectivity index (χ0) is 16.5. The minimum Gasteiger partial charge on any atom is -0.297 e.